The Bertz CT molecular complexity index is 698. The van der Waals surface area contributed by atoms with Crippen LogP contribution < -0.4 is 4.72 Å². The van der Waals surface area contributed by atoms with Crippen molar-refractivity contribution in [3.63, 3.8) is 0 Å². The first kappa shape index (κ1) is 15.7. The molecule has 114 valence electrons. The lowest BCUT2D eigenvalue weighted by atomic mass is 10.0. The van der Waals surface area contributed by atoms with Crippen LogP contribution in [0.2, 0.25) is 0 Å². The van der Waals surface area contributed by atoms with Gasteiger partial charge in [-0.3, -0.25) is 5.10 Å². The van der Waals surface area contributed by atoms with E-state index in [1.807, 2.05) is 38.1 Å². The highest BCUT2D eigenvalue weighted by Crippen LogP contribution is 2.23. The van der Waals surface area contributed by atoms with E-state index in [0.29, 0.717) is 17.8 Å². The molecule has 0 bridgehead atoms. The van der Waals surface area contributed by atoms with E-state index in [4.69, 9.17) is 0 Å². The second-order valence-electron chi connectivity index (χ2n) is 5.26. The van der Waals surface area contributed by atoms with Gasteiger partial charge < -0.3 is 0 Å². The maximum Gasteiger partial charge on any atom is 0.244 e. The van der Waals surface area contributed by atoms with Gasteiger partial charge in [-0.1, -0.05) is 36.8 Å². The normalized spacial score (nSPS) is 13.3. The molecule has 0 fully saturated rings. The third-order valence-corrected chi connectivity index (χ3v) is 5.25. The minimum atomic E-state index is -3.59. The molecule has 2 rings (SSSR count). The van der Waals surface area contributed by atoms with Crippen LogP contribution >= 0.6 is 0 Å². The average molecular weight is 307 g/mol. The zero-order valence-electron chi connectivity index (χ0n) is 12.8. The molecular formula is C15H21N3O2S. The van der Waals surface area contributed by atoms with Crippen LogP contribution in [-0.2, 0) is 10.0 Å². The van der Waals surface area contributed by atoms with E-state index in [-0.39, 0.29) is 10.9 Å². The molecule has 1 unspecified atom stereocenters. The topological polar surface area (TPSA) is 74.8 Å². The molecule has 2 N–H and O–H groups in total. The van der Waals surface area contributed by atoms with Gasteiger partial charge in [0.25, 0.3) is 0 Å². The van der Waals surface area contributed by atoms with Gasteiger partial charge in [-0.15, -0.1) is 0 Å². The van der Waals surface area contributed by atoms with E-state index >= 15 is 0 Å². The Balaban J connectivity index is 2.32. The standard InChI is InChI=1S/C15H21N3O2S/c1-5-14(13-8-6-10(2)7-9-13)18-21(19,20)15-11(3)16-17-12(15)4/h6-9,14,18H,5H2,1-4H3,(H,16,17). The van der Waals surface area contributed by atoms with Crippen molar-refractivity contribution in [3.05, 3.63) is 46.8 Å². The highest BCUT2D eigenvalue weighted by Gasteiger charge is 2.25. The van der Waals surface area contributed by atoms with Gasteiger partial charge in [-0.05, 0) is 32.8 Å². The van der Waals surface area contributed by atoms with Gasteiger partial charge in [0.05, 0.1) is 11.4 Å². The van der Waals surface area contributed by atoms with Crippen LogP contribution in [0.15, 0.2) is 29.2 Å². The number of hydrogen-bond donors (Lipinski definition) is 2. The molecule has 1 aromatic heterocycles. The molecule has 0 aliphatic heterocycles. The number of benzene rings is 1. The van der Waals surface area contributed by atoms with Crippen molar-refractivity contribution in [1.82, 2.24) is 14.9 Å². The van der Waals surface area contributed by atoms with Crippen LogP contribution in [-0.4, -0.2) is 18.6 Å². The van der Waals surface area contributed by atoms with Crippen molar-refractivity contribution in [1.29, 1.82) is 0 Å². The number of aromatic nitrogens is 2. The highest BCUT2D eigenvalue weighted by atomic mass is 32.2. The molecule has 1 heterocycles. The molecule has 6 heteroatoms. The number of sulfonamides is 1. The van der Waals surface area contributed by atoms with Crippen molar-refractivity contribution >= 4 is 10.0 Å². The van der Waals surface area contributed by atoms with E-state index in [9.17, 15) is 8.42 Å². The molecule has 5 nitrogen and oxygen atoms in total. The summed E-state index contributed by atoms with van der Waals surface area (Å²) in [6.45, 7) is 7.36. The van der Waals surface area contributed by atoms with Crippen LogP contribution in [0.1, 0.15) is 41.9 Å². The first-order valence-corrected chi connectivity index (χ1v) is 8.44. The van der Waals surface area contributed by atoms with Crippen LogP contribution in [0.4, 0.5) is 0 Å². The lowest BCUT2D eigenvalue weighted by molar-refractivity contribution is 0.549. The van der Waals surface area contributed by atoms with E-state index in [1.165, 1.54) is 0 Å². The molecule has 0 amide bonds. The predicted octanol–water partition coefficient (Wildman–Crippen LogP) is 2.76. The fraction of sp³-hybridized carbons (Fsp3) is 0.400. The summed E-state index contributed by atoms with van der Waals surface area (Å²) in [5.41, 5.74) is 3.15. The van der Waals surface area contributed by atoms with E-state index in [0.717, 1.165) is 11.1 Å². The van der Waals surface area contributed by atoms with Crippen molar-refractivity contribution in [2.45, 2.75) is 45.1 Å². The lowest BCUT2D eigenvalue weighted by Crippen LogP contribution is -2.29. The van der Waals surface area contributed by atoms with Crippen LogP contribution in [0.25, 0.3) is 0 Å². The van der Waals surface area contributed by atoms with Gasteiger partial charge in [0, 0.05) is 6.04 Å². The molecule has 2 aromatic rings. The van der Waals surface area contributed by atoms with Gasteiger partial charge >= 0.3 is 0 Å². The number of hydrogen-bond acceptors (Lipinski definition) is 3. The fourth-order valence-corrected chi connectivity index (χ4v) is 4.05. The van der Waals surface area contributed by atoms with Gasteiger partial charge in [-0.2, -0.15) is 5.10 Å². The first-order valence-electron chi connectivity index (χ1n) is 6.95. The number of nitrogens with zero attached hydrogens (tertiary/aromatic N) is 1. The summed E-state index contributed by atoms with van der Waals surface area (Å²) < 4.78 is 27.9. The summed E-state index contributed by atoms with van der Waals surface area (Å²) in [7, 11) is -3.59. The Morgan fingerprint density at radius 2 is 1.81 bits per heavy atom. The Hall–Kier alpha value is -1.66. The summed E-state index contributed by atoms with van der Waals surface area (Å²) in [6.07, 6.45) is 0.679. The van der Waals surface area contributed by atoms with Crippen LogP contribution in [0.5, 0.6) is 0 Å². The third-order valence-electron chi connectivity index (χ3n) is 3.51. The SMILES string of the molecule is CCC(NS(=O)(=O)c1c(C)n[nH]c1C)c1ccc(C)cc1. The maximum atomic E-state index is 12.6. The minimum Gasteiger partial charge on any atom is -0.281 e. The van der Waals surface area contributed by atoms with Crippen molar-refractivity contribution in [2.24, 2.45) is 0 Å². The van der Waals surface area contributed by atoms with E-state index in [1.54, 1.807) is 13.8 Å². The van der Waals surface area contributed by atoms with Crippen LogP contribution in [0.3, 0.4) is 0 Å². The zero-order chi connectivity index (χ0) is 15.6. The van der Waals surface area contributed by atoms with Crippen LogP contribution in [0, 0.1) is 20.8 Å². The number of rotatable bonds is 5. The molecule has 21 heavy (non-hydrogen) atoms. The summed E-state index contributed by atoms with van der Waals surface area (Å²) in [5, 5.41) is 6.67. The molecule has 0 spiro atoms. The molecule has 0 saturated heterocycles. The average Bonchev–Trinajstić information content (AvgIpc) is 2.77. The summed E-state index contributed by atoms with van der Waals surface area (Å²) in [5.74, 6) is 0. The van der Waals surface area contributed by atoms with Gasteiger partial charge in [0.1, 0.15) is 4.90 Å². The number of nitrogens with one attached hydrogen (secondary N) is 2. The van der Waals surface area contributed by atoms with Crippen molar-refractivity contribution in [3.8, 4) is 0 Å². The minimum absolute atomic E-state index is 0.244. The molecule has 1 atom stereocenters. The fourth-order valence-electron chi connectivity index (χ4n) is 2.37. The Morgan fingerprint density at radius 1 is 1.19 bits per heavy atom. The predicted molar refractivity (Wildman–Crippen MR) is 82.6 cm³/mol. The quantitative estimate of drug-likeness (QED) is 0.892. The maximum absolute atomic E-state index is 12.6. The van der Waals surface area contributed by atoms with E-state index < -0.39 is 10.0 Å². The number of aromatic amines is 1. The van der Waals surface area contributed by atoms with Gasteiger partial charge in [-0.25, -0.2) is 13.1 Å². The Morgan fingerprint density at radius 3 is 2.29 bits per heavy atom. The van der Waals surface area contributed by atoms with Crippen molar-refractivity contribution in [2.75, 3.05) is 0 Å². The smallest absolute Gasteiger partial charge is 0.244 e. The molecule has 0 saturated carbocycles. The lowest BCUT2D eigenvalue weighted by Gasteiger charge is -2.18. The Kier molecular flexibility index (Phi) is 4.49. The number of H-pyrrole nitrogens is 1. The third kappa shape index (κ3) is 3.33. The first-order chi connectivity index (χ1) is 9.85. The molecule has 1 aromatic carbocycles. The van der Waals surface area contributed by atoms with Gasteiger partial charge in [0.15, 0.2) is 0 Å². The molecule has 0 radical (unpaired) electrons. The highest BCUT2D eigenvalue weighted by molar-refractivity contribution is 7.89. The zero-order valence-corrected chi connectivity index (χ0v) is 13.6. The summed E-state index contributed by atoms with van der Waals surface area (Å²) in [6, 6.07) is 7.65. The largest absolute Gasteiger partial charge is 0.281 e. The van der Waals surface area contributed by atoms with Crippen molar-refractivity contribution < 1.29 is 8.42 Å². The number of aryl methyl sites for hydroxylation is 3. The monoisotopic (exact) mass is 307 g/mol. The Labute approximate surface area is 125 Å². The second kappa shape index (κ2) is 5.99. The molecular weight excluding hydrogens is 286 g/mol. The summed E-state index contributed by atoms with van der Waals surface area (Å²) >= 11 is 0. The van der Waals surface area contributed by atoms with Gasteiger partial charge in [0.2, 0.25) is 10.0 Å². The van der Waals surface area contributed by atoms with E-state index in [2.05, 4.69) is 14.9 Å². The second-order valence-corrected chi connectivity index (χ2v) is 6.91. The molecule has 0 aliphatic carbocycles. The molecule has 0 aliphatic rings. The summed E-state index contributed by atoms with van der Waals surface area (Å²) in [4.78, 5) is 0.244.